The molecule has 0 radical (unpaired) electrons. The lowest BCUT2D eigenvalue weighted by Gasteiger charge is -2.10. The first kappa shape index (κ1) is 14.7. The van der Waals surface area contributed by atoms with Gasteiger partial charge in [-0.3, -0.25) is 4.21 Å². The summed E-state index contributed by atoms with van der Waals surface area (Å²) in [7, 11) is -0.897. The minimum atomic E-state index is -0.897. The van der Waals surface area contributed by atoms with E-state index in [2.05, 4.69) is 10.6 Å². The van der Waals surface area contributed by atoms with Gasteiger partial charge < -0.3 is 16.4 Å². The second kappa shape index (κ2) is 7.13. The summed E-state index contributed by atoms with van der Waals surface area (Å²) in [5.74, 6) is 0.452. The molecule has 1 aromatic rings. The average molecular weight is 269 g/mol. The Bertz CT molecular complexity index is 435. The van der Waals surface area contributed by atoms with Crippen LogP contribution in [-0.2, 0) is 10.8 Å². The van der Waals surface area contributed by atoms with Crippen molar-refractivity contribution in [3.8, 4) is 0 Å². The van der Waals surface area contributed by atoms with Crippen molar-refractivity contribution >= 4 is 22.5 Å². The normalized spacial score (nSPS) is 13.7. The van der Waals surface area contributed by atoms with Crippen LogP contribution >= 0.6 is 0 Å². The van der Waals surface area contributed by atoms with Gasteiger partial charge in [0.2, 0.25) is 0 Å². The molecule has 0 aliphatic heterocycles. The number of amides is 2. The molecule has 0 heterocycles. The van der Waals surface area contributed by atoms with E-state index in [9.17, 15) is 9.00 Å². The summed E-state index contributed by atoms with van der Waals surface area (Å²) in [5.41, 5.74) is 7.42. The van der Waals surface area contributed by atoms with Gasteiger partial charge in [-0.2, -0.15) is 0 Å². The van der Waals surface area contributed by atoms with E-state index in [1.165, 1.54) is 0 Å². The van der Waals surface area contributed by atoms with Crippen LogP contribution in [0.4, 0.5) is 10.5 Å². The third-order valence-corrected chi connectivity index (χ3v) is 3.12. The molecule has 2 atom stereocenters. The fourth-order valence-corrected chi connectivity index (χ4v) is 1.77. The molecule has 0 aliphatic rings. The van der Waals surface area contributed by atoms with Crippen molar-refractivity contribution in [2.24, 2.45) is 5.73 Å². The second-order valence-corrected chi connectivity index (χ2v) is 5.63. The van der Waals surface area contributed by atoms with Crippen LogP contribution < -0.4 is 16.4 Å². The van der Waals surface area contributed by atoms with Crippen LogP contribution in [0.15, 0.2) is 24.3 Å². The van der Waals surface area contributed by atoms with E-state index in [4.69, 9.17) is 5.73 Å². The van der Waals surface area contributed by atoms with Gasteiger partial charge in [0, 0.05) is 41.1 Å². The highest BCUT2D eigenvalue weighted by Crippen LogP contribution is 2.15. The predicted octanol–water partition coefficient (Wildman–Crippen LogP) is 1.21. The number of hydrogen-bond acceptors (Lipinski definition) is 3. The lowest BCUT2D eigenvalue weighted by molar-refractivity contribution is 0.252. The molecule has 6 heteroatoms. The maximum absolute atomic E-state index is 11.5. The molecule has 5 nitrogen and oxygen atoms in total. The molecule has 1 aromatic carbocycles. The Labute approximate surface area is 110 Å². The van der Waals surface area contributed by atoms with Crippen LogP contribution in [-0.4, -0.2) is 28.8 Å². The molecule has 100 valence electrons. The molecule has 0 fully saturated rings. The number of carbonyl (C=O) groups is 1. The molecule has 0 aliphatic carbocycles. The van der Waals surface area contributed by atoms with E-state index in [0.717, 1.165) is 5.56 Å². The fourth-order valence-electron chi connectivity index (χ4n) is 1.38. The highest BCUT2D eigenvalue weighted by Gasteiger charge is 2.04. The van der Waals surface area contributed by atoms with Crippen molar-refractivity contribution in [3.63, 3.8) is 0 Å². The Morgan fingerprint density at radius 3 is 2.83 bits per heavy atom. The highest BCUT2D eigenvalue weighted by molar-refractivity contribution is 7.84. The van der Waals surface area contributed by atoms with E-state index in [1.54, 1.807) is 12.3 Å². The summed E-state index contributed by atoms with van der Waals surface area (Å²) in [6, 6.07) is 7.01. The Morgan fingerprint density at radius 1 is 1.50 bits per heavy atom. The van der Waals surface area contributed by atoms with Gasteiger partial charge >= 0.3 is 6.03 Å². The third-order valence-electron chi connectivity index (χ3n) is 2.35. The van der Waals surface area contributed by atoms with Gasteiger partial charge in [-0.1, -0.05) is 12.1 Å². The molecule has 2 unspecified atom stereocenters. The molecule has 0 saturated carbocycles. The standard InChI is InChI=1S/C12H19N3O2S/c1-9(13)10-4-3-5-11(8-10)15-12(16)14-6-7-18(2)17/h3-5,8-9H,6-7,13H2,1-2H3,(H2,14,15,16). The van der Waals surface area contributed by atoms with E-state index in [1.807, 2.05) is 25.1 Å². The van der Waals surface area contributed by atoms with Gasteiger partial charge in [0.1, 0.15) is 0 Å². The van der Waals surface area contributed by atoms with Crippen LogP contribution in [0.3, 0.4) is 0 Å². The molecule has 1 rings (SSSR count). The Kier molecular flexibility index (Phi) is 5.80. The van der Waals surface area contributed by atoms with Gasteiger partial charge in [-0.25, -0.2) is 4.79 Å². The lowest BCUT2D eigenvalue weighted by Crippen LogP contribution is -2.31. The van der Waals surface area contributed by atoms with Gasteiger partial charge in [0.25, 0.3) is 0 Å². The van der Waals surface area contributed by atoms with Crippen LogP contribution in [0.5, 0.6) is 0 Å². The number of rotatable bonds is 5. The number of hydrogen-bond donors (Lipinski definition) is 3. The molecule has 4 N–H and O–H groups in total. The summed E-state index contributed by atoms with van der Waals surface area (Å²) in [6.45, 7) is 2.28. The number of urea groups is 1. The van der Waals surface area contributed by atoms with E-state index < -0.39 is 10.8 Å². The second-order valence-electron chi connectivity index (χ2n) is 4.07. The minimum absolute atomic E-state index is 0.0719. The number of anilines is 1. The van der Waals surface area contributed by atoms with Crippen LogP contribution in [0.1, 0.15) is 18.5 Å². The third kappa shape index (κ3) is 5.29. The van der Waals surface area contributed by atoms with E-state index in [-0.39, 0.29) is 12.1 Å². The van der Waals surface area contributed by atoms with Crippen molar-refractivity contribution < 1.29 is 9.00 Å². The zero-order valence-corrected chi connectivity index (χ0v) is 11.4. The van der Waals surface area contributed by atoms with Gasteiger partial charge in [0.05, 0.1) is 0 Å². The predicted molar refractivity (Wildman–Crippen MR) is 75.0 cm³/mol. The van der Waals surface area contributed by atoms with Crippen molar-refractivity contribution in [1.29, 1.82) is 0 Å². The first-order chi connectivity index (χ1) is 8.49. The van der Waals surface area contributed by atoms with Gasteiger partial charge in [-0.15, -0.1) is 0 Å². The zero-order chi connectivity index (χ0) is 13.5. The maximum atomic E-state index is 11.5. The molecule has 0 saturated heterocycles. The van der Waals surface area contributed by atoms with Crippen molar-refractivity contribution in [3.05, 3.63) is 29.8 Å². The quantitative estimate of drug-likeness (QED) is 0.751. The Morgan fingerprint density at radius 2 is 2.22 bits per heavy atom. The largest absolute Gasteiger partial charge is 0.337 e. The first-order valence-corrected chi connectivity index (χ1v) is 7.42. The number of benzene rings is 1. The van der Waals surface area contributed by atoms with Gasteiger partial charge in [0.15, 0.2) is 0 Å². The van der Waals surface area contributed by atoms with Crippen LogP contribution in [0, 0.1) is 0 Å². The topological polar surface area (TPSA) is 84.2 Å². The molecule has 0 bridgehead atoms. The summed E-state index contributed by atoms with van der Waals surface area (Å²) < 4.78 is 10.8. The molecule has 18 heavy (non-hydrogen) atoms. The molecular formula is C12H19N3O2S. The van der Waals surface area contributed by atoms with Crippen molar-refractivity contribution in [2.45, 2.75) is 13.0 Å². The van der Waals surface area contributed by atoms with Crippen molar-refractivity contribution in [1.82, 2.24) is 5.32 Å². The van der Waals surface area contributed by atoms with Crippen LogP contribution in [0.2, 0.25) is 0 Å². The highest BCUT2D eigenvalue weighted by atomic mass is 32.2. The Hall–Kier alpha value is -1.40. The molecule has 0 aromatic heterocycles. The van der Waals surface area contributed by atoms with Crippen LogP contribution in [0.25, 0.3) is 0 Å². The zero-order valence-electron chi connectivity index (χ0n) is 10.6. The maximum Gasteiger partial charge on any atom is 0.319 e. The van der Waals surface area contributed by atoms with E-state index in [0.29, 0.717) is 18.0 Å². The smallest absolute Gasteiger partial charge is 0.319 e. The number of nitrogens with one attached hydrogen (secondary N) is 2. The first-order valence-electron chi connectivity index (χ1n) is 5.69. The number of carbonyl (C=O) groups excluding carboxylic acids is 1. The van der Waals surface area contributed by atoms with Crippen molar-refractivity contribution in [2.75, 3.05) is 23.9 Å². The monoisotopic (exact) mass is 269 g/mol. The average Bonchev–Trinajstić information content (AvgIpc) is 2.28. The molecule has 0 spiro atoms. The minimum Gasteiger partial charge on any atom is -0.337 e. The summed E-state index contributed by atoms with van der Waals surface area (Å²) in [5, 5.41) is 5.34. The lowest BCUT2D eigenvalue weighted by atomic mass is 10.1. The summed E-state index contributed by atoms with van der Waals surface area (Å²) >= 11 is 0. The Balaban J connectivity index is 2.49. The molecule has 2 amide bonds. The number of nitrogens with two attached hydrogens (primary N) is 1. The van der Waals surface area contributed by atoms with E-state index >= 15 is 0 Å². The summed E-state index contributed by atoms with van der Waals surface area (Å²) in [4.78, 5) is 11.5. The summed E-state index contributed by atoms with van der Waals surface area (Å²) in [6.07, 6.45) is 1.60. The molecular weight excluding hydrogens is 250 g/mol. The van der Waals surface area contributed by atoms with Gasteiger partial charge in [-0.05, 0) is 24.6 Å². The fraction of sp³-hybridized carbons (Fsp3) is 0.417. The SMILES string of the molecule is CC(N)c1cccc(NC(=O)NCCS(C)=O)c1.